The SMILES string of the molecule is CCCOc1ccc(-c2nc(C#N)c(N3CC4CC(C3)c3cccc(=O)n3C4)o2)cc1. The first kappa shape index (κ1) is 19.4. The Morgan fingerprint density at radius 3 is 2.81 bits per heavy atom. The Labute approximate surface area is 180 Å². The van der Waals surface area contributed by atoms with Gasteiger partial charge in [0.25, 0.3) is 5.56 Å². The molecule has 1 aromatic carbocycles. The van der Waals surface area contributed by atoms with Crippen molar-refractivity contribution in [1.29, 1.82) is 5.26 Å². The second-order valence-electron chi connectivity index (χ2n) is 8.26. The molecule has 0 N–H and O–H groups in total. The molecule has 1 saturated heterocycles. The highest BCUT2D eigenvalue weighted by atomic mass is 16.5. The average Bonchev–Trinajstić information content (AvgIpc) is 3.23. The van der Waals surface area contributed by atoms with Crippen molar-refractivity contribution >= 4 is 5.88 Å². The van der Waals surface area contributed by atoms with Gasteiger partial charge in [-0.05, 0) is 49.1 Å². The van der Waals surface area contributed by atoms with Gasteiger partial charge in [-0.25, -0.2) is 0 Å². The van der Waals surface area contributed by atoms with Crippen LogP contribution in [-0.2, 0) is 6.54 Å². The van der Waals surface area contributed by atoms with Crippen molar-refractivity contribution in [3.05, 3.63) is 64.2 Å². The normalized spacial score (nSPS) is 19.5. The van der Waals surface area contributed by atoms with Crippen molar-refractivity contribution in [2.75, 3.05) is 24.6 Å². The summed E-state index contributed by atoms with van der Waals surface area (Å²) in [5, 5.41) is 9.68. The number of hydrogen-bond acceptors (Lipinski definition) is 6. The summed E-state index contributed by atoms with van der Waals surface area (Å²) in [4.78, 5) is 18.8. The number of rotatable bonds is 5. The second-order valence-corrected chi connectivity index (χ2v) is 8.26. The molecule has 2 unspecified atom stereocenters. The Hall–Kier alpha value is -3.53. The maximum absolute atomic E-state index is 12.3. The Bertz CT molecular complexity index is 1190. The highest BCUT2D eigenvalue weighted by Crippen LogP contribution is 2.39. The standard InChI is InChI=1S/C24H24N4O3/c1-2-10-30-19-8-6-17(7-9-19)23-26-20(12-25)24(31-23)27-13-16-11-18(15-27)21-4-3-5-22(29)28(21)14-16/h3-9,16,18H,2,10-11,13-15H2,1H3. The van der Waals surface area contributed by atoms with Crippen LogP contribution < -0.4 is 15.2 Å². The van der Waals surface area contributed by atoms with Gasteiger partial charge < -0.3 is 18.6 Å². The number of anilines is 1. The minimum Gasteiger partial charge on any atom is -0.494 e. The van der Waals surface area contributed by atoms with Crippen LogP contribution in [0.1, 0.15) is 37.1 Å². The molecule has 2 atom stereocenters. The maximum Gasteiger partial charge on any atom is 0.250 e. The topological polar surface area (TPSA) is 84.3 Å². The van der Waals surface area contributed by atoms with E-state index in [1.807, 2.05) is 41.0 Å². The van der Waals surface area contributed by atoms with Crippen LogP contribution >= 0.6 is 0 Å². The number of pyridine rings is 1. The Morgan fingerprint density at radius 1 is 1.19 bits per heavy atom. The van der Waals surface area contributed by atoms with E-state index in [2.05, 4.69) is 22.9 Å². The van der Waals surface area contributed by atoms with Crippen LogP contribution in [0.3, 0.4) is 0 Å². The Kier molecular flexibility index (Phi) is 4.99. The third-order valence-electron chi connectivity index (χ3n) is 6.06. The maximum atomic E-state index is 12.3. The summed E-state index contributed by atoms with van der Waals surface area (Å²) < 4.78 is 13.6. The Balaban J connectivity index is 1.42. The van der Waals surface area contributed by atoms with Gasteiger partial charge in [-0.3, -0.25) is 4.79 Å². The molecule has 4 heterocycles. The molecule has 7 heteroatoms. The van der Waals surface area contributed by atoms with Crippen molar-refractivity contribution in [2.45, 2.75) is 32.2 Å². The summed E-state index contributed by atoms with van der Waals surface area (Å²) >= 11 is 0. The predicted octanol–water partition coefficient (Wildman–Crippen LogP) is 3.79. The molecular weight excluding hydrogens is 392 g/mol. The zero-order chi connectivity index (χ0) is 21.4. The number of nitriles is 1. The number of fused-ring (bicyclic) bond motifs is 4. The molecule has 0 saturated carbocycles. The van der Waals surface area contributed by atoms with Gasteiger partial charge in [0, 0.05) is 42.9 Å². The molecule has 0 radical (unpaired) electrons. The van der Waals surface area contributed by atoms with E-state index in [0.717, 1.165) is 36.4 Å². The van der Waals surface area contributed by atoms with Gasteiger partial charge in [0.2, 0.25) is 17.5 Å². The first-order chi connectivity index (χ1) is 15.2. The fourth-order valence-corrected chi connectivity index (χ4v) is 4.70. The van der Waals surface area contributed by atoms with Crippen LogP contribution in [0.4, 0.5) is 5.88 Å². The summed E-state index contributed by atoms with van der Waals surface area (Å²) in [6.45, 7) is 4.88. The van der Waals surface area contributed by atoms with E-state index in [0.29, 0.717) is 43.1 Å². The molecule has 0 amide bonds. The van der Waals surface area contributed by atoms with Crippen molar-refractivity contribution in [2.24, 2.45) is 5.92 Å². The van der Waals surface area contributed by atoms with Crippen molar-refractivity contribution in [1.82, 2.24) is 9.55 Å². The molecule has 1 fully saturated rings. The largest absolute Gasteiger partial charge is 0.494 e. The molecule has 5 rings (SSSR count). The number of aromatic nitrogens is 2. The number of hydrogen-bond donors (Lipinski definition) is 0. The lowest BCUT2D eigenvalue weighted by Crippen LogP contribution is -2.47. The average molecular weight is 416 g/mol. The van der Waals surface area contributed by atoms with Crippen LogP contribution in [0.15, 0.2) is 51.7 Å². The molecular formula is C24H24N4O3. The van der Waals surface area contributed by atoms with E-state index < -0.39 is 0 Å². The summed E-state index contributed by atoms with van der Waals surface area (Å²) in [5.74, 6) is 2.32. The summed E-state index contributed by atoms with van der Waals surface area (Å²) in [5.41, 5.74) is 2.23. The second kappa shape index (κ2) is 7.95. The van der Waals surface area contributed by atoms with E-state index in [1.54, 1.807) is 6.07 Å². The molecule has 2 aromatic heterocycles. The summed E-state index contributed by atoms with van der Waals surface area (Å²) in [6.07, 6.45) is 2.00. The molecule has 0 aliphatic carbocycles. The molecule has 2 aliphatic rings. The molecule has 2 bridgehead atoms. The van der Waals surface area contributed by atoms with Gasteiger partial charge in [-0.2, -0.15) is 10.2 Å². The lowest BCUT2D eigenvalue weighted by atomic mass is 9.83. The van der Waals surface area contributed by atoms with Gasteiger partial charge >= 0.3 is 0 Å². The van der Waals surface area contributed by atoms with Crippen LogP contribution in [0.5, 0.6) is 5.75 Å². The number of piperidine rings is 1. The van der Waals surface area contributed by atoms with Crippen LogP contribution in [0.2, 0.25) is 0 Å². The predicted molar refractivity (Wildman–Crippen MR) is 116 cm³/mol. The van der Waals surface area contributed by atoms with E-state index in [1.165, 1.54) is 0 Å². The third-order valence-corrected chi connectivity index (χ3v) is 6.06. The Morgan fingerprint density at radius 2 is 2.03 bits per heavy atom. The van der Waals surface area contributed by atoms with Crippen LogP contribution in [0.25, 0.3) is 11.5 Å². The highest BCUT2D eigenvalue weighted by molar-refractivity contribution is 5.60. The van der Waals surface area contributed by atoms with Gasteiger partial charge in [-0.1, -0.05) is 13.0 Å². The third kappa shape index (κ3) is 3.59. The number of ether oxygens (including phenoxy) is 1. The molecule has 7 nitrogen and oxygen atoms in total. The monoisotopic (exact) mass is 416 g/mol. The molecule has 2 aliphatic heterocycles. The quantitative estimate of drug-likeness (QED) is 0.629. The van der Waals surface area contributed by atoms with Crippen LogP contribution in [0, 0.1) is 17.2 Å². The first-order valence-corrected chi connectivity index (χ1v) is 10.7. The zero-order valence-corrected chi connectivity index (χ0v) is 17.5. The summed E-state index contributed by atoms with van der Waals surface area (Å²) in [6, 6.07) is 15.2. The number of oxazole rings is 1. The van der Waals surface area contributed by atoms with E-state index >= 15 is 0 Å². The minimum absolute atomic E-state index is 0.0617. The van der Waals surface area contributed by atoms with Crippen molar-refractivity contribution in [3.8, 4) is 23.3 Å². The van der Waals surface area contributed by atoms with Gasteiger partial charge in [0.05, 0.1) is 6.61 Å². The highest BCUT2D eigenvalue weighted by Gasteiger charge is 2.36. The van der Waals surface area contributed by atoms with E-state index in [9.17, 15) is 10.1 Å². The van der Waals surface area contributed by atoms with Crippen molar-refractivity contribution < 1.29 is 9.15 Å². The first-order valence-electron chi connectivity index (χ1n) is 10.7. The van der Waals surface area contributed by atoms with Gasteiger partial charge in [0.1, 0.15) is 11.8 Å². The lowest BCUT2D eigenvalue weighted by Gasteiger charge is -2.42. The molecule has 31 heavy (non-hydrogen) atoms. The summed E-state index contributed by atoms with van der Waals surface area (Å²) in [7, 11) is 0. The van der Waals surface area contributed by atoms with Crippen LogP contribution in [-0.4, -0.2) is 29.2 Å². The molecule has 3 aromatic rings. The fraction of sp³-hybridized carbons (Fsp3) is 0.375. The fourth-order valence-electron chi connectivity index (χ4n) is 4.70. The van der Waals surface area contributed by atoms with Gasteiger partial charge in [-0.15, -0.1) is 0 Å². The minimum atomic E-state index is 0.0617. The van der Waals surface area contributed by atoms with Crippen molar-refractivity contribution in [3.63, 3.8) is 0 Å². The van der Waals surface area contributed by atoms with E-state index in [4.69, 9.17) is 9.15 Å². The lowest BCUT2D eigenvalue weighted by molar-refractivity contribution is 0.275. The van der Waals surface area contributed by atoms with E-state index in [-0.39, 0.29) is 11.5 Å². The molecule has 0 spiro atoms. The molecule has 158 valence electrons. The smallest absolute Gasteiger partial charge is 0.250 e. The number of nitrogens with zero attached hydrogens (tertiary/aromatic N) is 4. The van der Waals surface area contributed by atoms with Gasteiger partial charge in [0.15, 0.2) is 0 Å². The number of benzene rings is 1. The zero-order valence-electron chi connectivity index (χ0n) is 17.5.